The number of aliphatic hydroxyl groups is 1. The fourth-order valence-electron chi connectivity index (χ4n) is 3.15. The predicted octanol–water partition coefficient (Wildman–Crippen LogP) is 0.485. The van der Waals surface area contributed by atoms with Crippen LogP contribution in [-0.4, -0.2) is 46.8 Å². The van der Waals surface area contributed by atoms with Gasteiger partial charge in [-0.2, -0.15) is 4.31 Å². The summed E-state index contributed by atoms with van der Waals surface area (Å²) in [6.45, 7) is 0.309. The smallest absolute Gasteiger partial charge is 0.261 e. The molecule has 1 N–H and O–H groups in total. The first-order valence-electron chi connectivity index (χ1n) is 7.50. The van der Waals surface area contributed by atoms with Gasteiger partial charge in [-0.05, 0) is 25.0 Å². The maximum atomic E-state index is 12.7. The van der Waals surface area contributed by atoms with Gasteiger partial charge in [-0.3, -0.25) is 9.36 Å². The first kappa shape index (κ1) is 16.1. The number of nitrogens with zero attached hydrogens (tertiary/aromatic N) is 3. The Morgan fingerprint density at radius 2 is 2.09 bits per heavy atom. The Bertz CT molecular complexity index is 891. The molecule has 23 heavy (non-hydrogen) atoms. The van der Waals surface area contributed by atoms with Gasteiger partial charge in [0.05, 0.1) is 36.4 Å². The van der Waals surface area contributed by atoms with E-state index in [-0.39, 0.29) is 18.7 Å². The van der Waals surface area contributed by atoms with Crippen molar-refractivity contribution >= 4 is 20.9 Å². The largest absolute Gasteiger partial charge is 0.395 e. The molecule has 124 valence electrons. The number of benzene rings is 1. The number of hydrogen-bond acceptors (Lipinski definition) is 5. The molecule has 0 radical (unpaired) electrons. The van der Waals surface area contributed by atoms with Crippen molar-refractivity contribution in [2.24, 2.45) is 0 Å². The number of fused-ring (bicyclic) bond motifs is 1. The second-order valence-corrected chi connectivity index (χ2v) is 7.63. The monoisotopic (exact) mass is 337 g/mol. The number of hydrogen-bond donors (Lipinski definition) is 1. The summed E-state index contributed by atoms with van der Waals surface area (Å²) in [5.41, 5.74) is 0.294. The molecule has 1 saturated heterocycles. The van der Waals surface area contributed by atoms with E-state index in [1.165, 1.54) is 15.1 Å². The van der Waals surface area contributed by atoms with Crippen LogP contribution in [0.3, 0.4) is 0 Å². The lowest BCUT2D eigenvalue weighted by atomic mass is 10.2. The van der Waals surface area contributed by atoms with Crippen LogP contribution < -0.4 is 5.56 Å². The molecule has 0 aliphatic carbocycles. The summed E-state index contributed by atoms with van der Waals surface area (Å²) in [6, 6.07) is 6.51. The van der Waals surface area contributed by atoms with E-state index in [0.29, 0.717) is 29.7 Å². The van der Waals surface area contributed by atoms with Crippen molar-refractivity contribution in [3.63, 3.8) is 0 Å². The average molecular weight is 337 g/mol. The molecule has 0 spiro atoms. The van der Waals surface area contributed by atoms with Gasteiger partial charge < -0.3 is 5.11 Å². The van der Waals surface area contributed by atoms with Crippen LogP contribution in [0.15, 0.2) is 29.1 Å². The molecule has 0 amide bonds. The van der Waals surface area contributed by atoms with E-state index in [0.717, 1.165) is 6.42 Å². The Morgan fingerprint density at radius 3 is 2.78 bits per heavy atom. The Hall–Kier alpha value is -1.77. The molecule has 1 fully saturated rings. The van der Waals surface area contributed by atoms with Crippen LogP contribution in [-0.2, 0) is 16.6 Å². The van der Waals surface area contributed by atoms with Gasteiger partial charge in [0.2, 0.25) is 10.0 Å². The van der Waals surface area contributed by atoms with Crippen LogP contribution in [0.25, 0.3) is 10.9 Å². The molecular formula is C15H19N3O4S. The Balaban J connectivity index is 2.23. The van der Waals surface area contributed by atoms with E-state index < -0.39 is 16.1 Å². The van der Waals surface area contributed by atoms with Crippen molar-refractivity contribution < 1.29 is 13.5 Å². The van der Waals surface area contributed by atoms with Gasteiger partial charge in [-0.25, -0.2) is 13.4 Å². The van der Waals surface area contributed by atoms with Crippen molar-refractivity contribution in [1.29, 1.82) is 0 Å². The first-order valence-corrected chi connectivity index (χ1v) is 9.35. The van der Waals surface area contributed by atoms with Crippen LogP contribution in [0.4, 0.5) is 0 Å². The molecule has 1 aromatic carbocycles. The van der Waals surface area contributed by atoms with Crippen LogP contribution in [0.1, 0.15) is 24.7 Å². The highest BCUT2D eigenvalue weighted by molar-refractivity contribution is 7.88. The van der Waals surface area contributed by atoms with Crippen molar-refractivity contribution in [2.45, 2.75) is 25.4 Å². The van der Waals surface area contributed by atoms with Crippen LogP contribution in [0.5, 0.6) is 0 Å². The fourth-order valence-corrected chi connectivity index (χ4v) is 4.27. The predicted molar refractivity (Wildman–Crippen MR) is 86.6 cm³/mol. The van der Waals surface area contributed by atoms with Gasteiger partial charge in [0.15, 0.2) is 0 Å². The molecule has 7 nitrogen and oxygen atoms in total. The second-order valence-electron chi connectivity index (χ2n) is 5.70. The summed E-state index contributed by atoms with van der Waals surface area (Å²) < 4.78 is 26.8. The minimum Gasteiger partial charge on any atom is -0.395 e. The SMILES string of the molecule is CS(=O)(=O)N1CCCC1c1nc2ccccc2c(=O)n1CCO. The van der Waals surface area contributed by atoms with Crippen molar-refractivity contribution in [3.8, 4) is 0 Å². The lowest BCUT2D eigenvalue weighted by Gasteiger charge is -2.24. The number of aliphatic hydroxyl groups excluding tert-OH is 1. The number of para-hydroxylation sites is 1. The minimum absolute atomic E-state index is 0.0973. The summed E-state index contributed by atoms with van der Waals surface area (Å²) in [7, 11) is -3.38. The van der Waals surface area contributed by atoms with Gasteiger partial charge >= 0.3 is 0 Å². The van der Waals surface area contributed by atoms with Gasteiger partial charge in [0.1, 0.15) is 5.82 Å². The second kappa shape index (κ2) is 6.03. The fraction of sp³-hybridized carbons (Fsp3) is 0.467. The lowest BCUT2D eigenvalue weighted by molar-refractivity contribution is 0.266. The van der Waals surface area contributed by atoms with Gasteiger partial charge in [-0.1, -0.05) is 12.1 Å². The van der Waals surface area contributed by atoms with Crippen LogP contribution in [0.2, 0.25) is 0 Å². The highest BCUT2D eigenvalue weighted by Crippen LogP contribution is 2.32. The zero-order valence-electron chi connectivity index (χ0n) is 12.8. The number of aromatic nitrogens is 2. The summed E-state index contributed by atoms with van der Waals surface area (Å²) in [4.78, 5) is 17.2. The summed E-state index contributed by atoms with van der Waals surface area (Å²) in [5, 5.41) is 9.76. The topological polar surface area (TPSA) is 92.5 Å². The third kappa shape index (κ3) is 2.89. The van der Waals surface area contributed by atoms with Gasteiger partial charge in [0.25, 0.3) is 5.56 Å². The van der Waals surface area contributed by atoms with Gasteiger partial charge in [0, 0.05) is 6.54 Å². The molecule has 1 aliphatic rings. The maximum absolute atomic E-state index is 12.7. The Kier molecular flexibility index (Phi) is 4.22. The van der Waals surface area contributed by atoms with E-state index >= 15 is 0 Å². The normalized spacial score (nSPS) is 19.5. The average Bonchev–Trinajstić information content (AvgIpc) is 3.00. The molecule has 1 unspecified atom stereocenters. The zero-order valence-corrected chi connectivity index (χ0v) is 13.7. The highest BCUT2D eigenvalue weighted by atomic mass is 32.2. The molecule has 1 aromatic heterocycles. The molecule has 2 aromatic rings. The summed E-state index contributed by atoms with van der Waals surface area (Å²) >= 11 is 0. The quantitative estimate of drug-likeness (QED) is 0.876. The molecule has 1 atom stereocenters. The standard InChI is InChI=1S/C15H19N3O4S/c1-23(21,22)18-8-4-7-13(18)14-16-12-6-3-2-5-11(12)15(20)17(14)9-10-19/h2-3,5-6,13,19H,4,7-10H2,1H3. The van der Waals surface area contributed by atoms with E-state index in [1.807, 2.05) is 0 Å². The van der Waals surface area contributed by atoms with Crippen molar-refractivity contribution in [1.82, 2.24) is 13.9 Å². The van der Waals surface area contributed by atoms with E-state index in [9.17, 15) is 18.3 Å². The molecular weight excluding hydrogens is 318 g/mol. The molecule has 2 heterocycles. The Labute approximate surface area is 134 Å². The van der Waals surface area contributed by atoms with Crippen LogP contribution >= 0.6 is 0 Å². The number of sulfonamides is 1. The van der Waals surface area contributed by atoms with E-state index in [2.05, 4.69) is 4.98 Å². The van der Waals surface area contributed by atoms with Crippen LogP contribution in [0, 0.1) is 0 Å². The first-order chi connectivity index (χ1) is 10.9. The summed E-state index contributed by atoms with van der Waals surface area (Å²) in [5.74, 6) is 0.408. The number of rotatable bonds is 4. The van der Waals surface area contributed by atoms with Crippen molar-refractivity contribution in [3.05, 3.63) is 40.4 Å². The third-order valence-electron chi connectivity index (χ3n) is 4.14. The minimum atomic E-state index is -3.38. The molecule has 3 rings (SSSR count). The molecule has 8 heteroatoms. The lowest BCUT2D eigenvalue weighted by Crippen LogP contribution is -2.35. The van der Waals surface area contributed by atoms with E-state index in [4.69, 9.17) is 0 Å². The third-order valence-corrected chi connectivity index (χ3v) is 5.43. The molecule has 1 aliphatic heterocycles. The summed E-state index contributed by atoms with van der Waals surface area (Å²) in [6.07, 6.45) is 2.50. The maximum Gasteiger partial charge on any atom is 0.261 e. The Morgan fingerprint density at radius 1 is 1.35 bits per heavy atom. The van der Waals surface area contributed by atoms with Crippen molar-refractivity contribution in [2.75, 3.05) is 19.4 Å². The molecule has 0 bridgehead atoms. The highest BCUT2D eigenvalue weighted by Gasteiger charge is 2.35. The van der Waals surface area contributed by atoms with E-state index in [1.54, 1.807) is 24.3 Å². The van der Waals surface area contributed by atoms with Gasteiger partial charge in [-0.15, -0.1) is 0 Å². The molecule has 0 saturated carbocycles. The zero-order chi connectivity index (χ0) is 16.6.